The topological polar surface area (TPSA) is 32.3 Å². The van der Waals surface area contributed by atoms with Crippen LogP contribution in [0.2, 0.25) is 0 Å². The molecule has 0 radical (unpaired) electrons. The van der Waals surface area contributed by atoms with Gasteiger partial charge in [-0.3, -0.25) is 4.79 Å². The second kappa shape index (κ2) is 8.88. The van der Waals surface area contributed by atoms with Crippen molar-refractivity contribution in [1.29, 1.82) is 0 Å². The maximum atomic E-state index is 11.8. The number of carbonyl (C=O) groups excluding carboxylic acids is 1. The van der Waals surface area contributed by atoms with Gasteiger partial charge in [0.15, 0.2) is 0 Å². The predicted molar refractivity (Wildman–Crippen MR) is 73.0 cm³/mol. The Labute approximate surface area is 104 Å². The molecule has 0 saturated carbocycles. The molecule has 4 heteroatoms. The summed E-state index contributed by atoms with van der Waals surface area (Å²) >= 11 is 1.83. The summed E-state index contributed by atoms with van der Waals surface area (Å²) in [5, 5.41) is 3.26. The molecule has 0 aliphatic heterocycles. The Morgan fingerprint density at radius 3 is 2.50 bits per heavy atom. The highest BCUT2D eigenvalue weighted by Gasteiger charge is 2.14. The van der Waals surface area contributed by atoms with E-state index >= 15 is 0 Å². The highest BCUT2D eigenvalue weighted by molar-refractivity contribution is 7.98. The van der Waals surface area contributed by atoms with E-state index < -0.39 is 0 Å². The molecular formula is C12H26N2OS. The third kappa shape index (κ3) is 7.12. The Balaban J connectivity index is 3.79. The molecule has 0 spiro atoms. The van der Waals surface area contributed by atoms with Gasteiger partial charge in [0.1, 0.15) is 0 Å². The van der Waals surface area contributed by atoms with Crippen LogP contribution in [0, 0.1) is 0 Å². The first-order valence-corrected chi connectivity index (χ1v) is 7.36. The van der Waals surface area contributed by atoms with Crippen molar-refractivity contribution in [2.45, 2.75) is 45.7 Å². The molecule has 0 aromatic heterocycles. The maximum Gasteiger partial charge on any atom is 0.223 e. The number of thioether (sulfide) groups is 1. The van der Waals surface area contributed by atoms with Crippen molar-refractivity contribution in [2.75, 3.05) is 25.6 Å². The molecule has 0 bridgehead atoms. The molecule has 0 saturated heterocycles. The average Bonchev–Trinajstić information content (AvgIpc) is 2.24. The number of nitrogens with one attached hydrogen (secondary N) is 1. The monoisotopic (exact) mass is 246 g/mol. The number of hydrogen-bond donors (Lipinski definition) is 1. The summed E-state index contributed by atoms with van der Waals surface area (Å²) in [7, 11) is 1.91. The van der Waals surface area contributed by atoms with Gasteiger partial charge in [-0.1, -0.05) is 13.8 Å². The van der Waals surface area contributed by atoms with E-state index in [4.69, 9.17) is 0 Å². The Morgan fingerprint density at radius 1 is 1.38 bits per heavy atom. The lowest BCUT2D eigenvalue weighted by atomic mass is 10.2. The molecule has 1 atom stereocenters. The summed E-state index contributed by atoms with van der Waals surface area (Å²) in [6.07, 6.45) is 3.76. The van der Waals surface area contributed by atoms with Crippen LogP contribution in [-0.4, -0.2) is 48.5 Å². The van der Waals surface area contributed by atoms with Crippen LogP contribution in [0.25, 0.3) is 0 Å². The van der Waals surface area contributed by atoms with Crippen molar-refractivity contribution in [3.8, 4) is 0 Å². The lowest BCUT2D eigenvalue weighted by Crippen LogP contribution is -2.37. The van der Waals surface area contributed by atoms with Crippen LogP contribution in [0.3, 0.4) is 0 Å². The molecular weight excluding hydrogens is 220 g/mol. The summed E-state index contributed by atoms with van der Waals surface area (Å²) in [6, 6.07) is 0.797. The molecule has 0 aliphatic rings. The number of rotatable bonds is 8. The number of hydrogen-bond acceptors (Lipinski definition) is 3. The molecule has 0 aromatic carbocycles. The first-order chi connectivity index (χ1) is 7.49. The van der Waals surface area contributed by atoms with Gasteiger partial charge >= 0.3 is 0 Å². The second-order valence-electron chi connectivity index (χ2n) is 4.49. The van der Waals surface area contributed by atoms with E-state index in [-0.39, 0.29) is 5.91 Å². The fourth-order valence-corrected chi connectivity index (χ4v) is 1.95. The van der Waals surface area contributed by atoms with E-state index in [1.54, 1.807) is 0 Å². The van der Waals surface area contributed by atoms with Gasteiger partial charge in [0.05, 0.1) is 0 Å². The van der Waals surface area contributed by atoms with Gasteiger partial charge in [-0.2, -0.15) is 11.8 Å². The Bertz CT molecular complexity index is 197. The summed E-state index contributed by atoms with van der Waals surface area (Å²) in [6.45, 7) is 7.07. The minimum absolute atomic E-state index is 0.238. The Hall–Kier alpha value is -0.220. The fraction of sp³-hybridized carbons (Fsp3) is 0.917. The van der Waals surface area contributed by atoms with E-state index in [0.717, 1.165) is 18.7 Å². The van der Waals surface area contributed by atoms with Gasteiger partial charge in [-0.25, -0.2) is 0 Å². The third-order valence-corrected chi connectivity index (χ3v) is 3.33. The lowest BCUT2D eigenvalue weighted by Gasteiger charge is -2.25. The minimum atomic E-state index is 0.238. The molecule has 0 aliphatic carbocycles. The van der Waals surface area contributed by atoms with Gasteiger partial charge in [0.25, 0.3) is 0 Å². The van der Waals surface area contributed by atoms with Gasteiger partial charge in [-0.05, 0) is 25.4 Å². The zero-order chi connectivity index (χ0) is 12.6. The van der Waals surface area contributed by atoms with Crippen molar-refractivity contribution < 1.29 is 4.79 Å². The van der Waals surface area contributed by atoms with Crippen LogP contribution >= 0.6 is 11.8 Å². The normalized spacial score (nSPS) is 12.9. The van der Waals surface area contributed by atoms with Crippen LogP contribution in [0.5, 0.6) is 0 Å². The van der Waals surface area contributed by atoms with Crippen LogP contribution in [0.4, 0.5) is 0 Å². The quantitative estimate of drug-likeness (QED) is 0.711. The van der Waals surface area contributed by atoms with E-state index in [1.807, 2.05) is 23.7 Å². The largest absolute Gasteiger partial charge is 0.343 e. The zero-order valence-electron chi connectivity index (χ0n) is 11.2. The molecule has 1 N–H and O–H groups in total. The van der Waals surface area contributed by atoms with E-state index in [9.17, 15) is 4.79 Å². The van der Waals surface area contributed by atoms with E-state index in [0.29, 0.717) is 18.5 Å². The summed E-state index contributed by atoms with van der Waals surface area (Å²) in [4.78, 5) is 13.7. The minimum Gasteiger partial charge on any atom is -0.343 e. The number of amides is 1. The molecule has 0 aromatic rings. The second-order valence-corrected chi connectivity index (χ2v) is 5.48. The van der Waals surface area contributed by atoms with Gasteiger partial charge < -0.3 is 10.2 Å². The molecule has 0 rings (SSSR count). The third-order valence-electron chi connectivity index (χ3n) is 2.69. The zero-order valence-corrected chi connectivity index (χ0v) is 12.1. The molecule has 0 fully saturated rings. The Morgan fingerprint density at radius 2 is 2.00 bits per heavy atom. The molecule has 1 amide bonds. The van der Waals surface area contributed by atoms with Crippen LogP contribution in [-0.2, 0) is 4.79 Å². The summed E-state index contributed by atoms with van der Waals surface area (Å²) in [5.41, 5.74) is 0. The Kier molecular flexibility index (Phi) is 8.76. The number of carbonyl (C=O) groups is 1. The van der Waals surface area contributed by atoms with Crippen molar-refractivity contribution in [3.63, 3.8) is 0 Å². The van der Waals surface area contributed by atoms with Gasteiger partial charge in [-0.15, -0.1) is 0 Å². The first kappa shape index (κ1) is 15.8. The molecule has 1 unspecified atom stereocenters. The summed E-state index contributed by atoms with van der Waals surface area (Å²) < 4.78 is 0. The van der Waals surface area contributed by atoms with E-state index in [2.05, 4.69) is 32.3 Å². The number of nitrogens with zero attached hydrogens (tertiary/aromatic N) is 1. The smallest absolute Gasteiger partial charge is 0.223 e. The van der Waals surface area contributed by atoms with Gasteiger partial charge in [0, 0.05) is 32.1 Å². The maximum absolute atomic E-state index is 11.8. The lowest BCUT2D eigenvalue weighted by molar-refractivity contribution is -0.131. The van der Waals surface area contributed by atoms with Gasteiger partial charge in [0.2, 0.25) is 5.91 Å². The van der Waals surface area contributed by atoms with Crippen LogP contribution in [0.1, 0.15) is 33.6 Å². The molecule has 0 heterocycles. The standard InChI is InChI=1S/C12H26N2OS/c1-10(2)13-8-6-12(15)14(4)11(3)7-9-16-5/h10-11,13H,6-9H2,1-5H3. The fourth-order valence-electron chi connectivity index (χ4n) is 1.37. The van der Waals surface area contributed by atoms with Crippen molar-refractivity contribution in [2.24, 2.45) is 0 Å². The molecule has 96 valence electrons. The van der Waals surface area contributed by atoms with Crippen LogP contribution in [0.15, 0.2) is 0 Å². The molecule has 16 heavy (non-hydrogen) atoms. The predicted octanol–water partition coefficient (Wildman–Crippen LogP) is 1.97. The van der Waals surface area contributed by atoms with E-state index in [1.165, 1.54) is 0 Å². The SMILES string of the molecule is CSCCC(C)N(C)C(=O)CCNC(C)C. The van der Waals surface area contributed by atoms with Crippen LogP contribution < -0.4 is 5.32 Å². The van der Waals surface area contributed by atoms with Crippen molar-refractivity contribution in [1.82, 2.24) is 10.2 Å². The highest BCUT2D eigenvalue weighted by Crippen LogP contribution is 2.07. The first-order valence-electron chi connectivity index (χ1n) is 5.97. The van der Waals surface area contributed by atoms with Crippen molar-refractivity contribution >= 4 is 17.7 Å². The summed E-state index contributed by atoms with van der Waals surface area (Å²) in [5.74, 6) is 1.35. The average molecular weight is 246 g/mol. The van der Waals surface area contributed by atoms with Crippen molar-refractivity contribution in [3.05, 3.63) is 0 Å². The molecule has 3 nitrogen and oxygen atoms in total. The highest BCUT2D eigenvalue weighted by atomic mass is 32.2.